The van der Waals surface area contributed by atoms with Gasteiger partial charge in [-0.1, -0.05) is 45.4 Å². The van der Waals surface area contributed by atoms with Crippen molar-refractivity contribution in [3.05, 3.63) is 57.9 Å². The maximum Gasteiger partial charge on any atom is 0.238 e. The number of nitrogen functional groups attached to an aromatic ring is 1. The number of anilines is 1. The molecule has 2 aromatic heterocycles. The maximum absolute atomic E-state index is 12.3. The monoisotopic (exact) mass is 482 g/mol. The summed E-state index contributed by atoms with van der Waals surface area (Å²) in [6, 6.07) is 10.7. The summed E-state index contributed by atoms with van der Waals surface area (Å²) in [5.41, 5.74) is 0. The molecule has 0 fully saturated rings. The topological polar surface area (TPSA) is 108 Å². The Kier molecular flexibility index (Phi) is 6.76. The fourth-order valence-corrected chi connectivity index (χ4v) is 3.36. The van der Waals surface area contributed by atoms with Crippen molar-refractivity contribution >= 4 is 51.0 Å². The Morgan fingerprint density at radius 1 is 1.39 bits per heavy atom. The van der Waals surface area contributed by atoms with Gasteiger partial charge in [-0.05, 0) is 37.3 Å². The summed E-state index contributed by atoms with van der Waals surface area (Å²) in [7, 11) is 0. The number of halogens is 2. The van der Waals surface area contributed by atoms with E-state index >= 15 is 0 Å². The van der Waals surface area contributed by atoms with Crippen LogP contribution in [-0.4, -0.2) is 31.0 Å². The fourth-order valence-electron chi connectivity index (χ4n) is 2.08. The van der Waals surface area contributed by atoms with E-state index in [0.29, 0.717) is 27.6 Å². The van der Waals surface area contributed by atoms with Crippen molar-refractivity contribution in [1.82, 2.24) is 19.9 Å². The van der Waals surface area contributed by atoms with E-state index in [0.717, 1.165) is 4.47 Å². The Morgan fingerprint density at radius 3 is 2.93 bits per heavy atom. The molecule has 146 valence electrons. The first kappa shape index (κ1) is 20.4. The van der Waals surface area contributed by atoms with E-state index in [9.17, 15) is 4.79 Å². The quantitative estimate of drug-likeness (QED) is 0.391. The van der Waals surface area contributed by atoms with Crippen molar-refractivity contribution in [1.29, 1.82) is 0 Å². The number of carbonyl (C=O) groups excluding carboxylic acids is 1. The molecule has 28 heavy (non-hydrogen) atoms. The highest BCUT2D eigenvalue weighted by molar-refractivity contribution is 9.10. The van der Waals surface area contributed by atoms with Gasteiger partial charge in [-0.15, -0.1) is 10.2 Å². The largest absolute Gasteiger partial charge is 0.485 e. The van der Waals surface area contributed by atoms with Gasteiger partial charge in [0.25, 0.3) is 0 Å². The third-order valence-electron chi connectivity index (χ3n) is 3.53. The van der Waals surface area contributed by atoms with Crippen LogP contribution in [0.4, 0.5) is 5.82 Å². The number of nitrogens with zero attached hydrogens (tertiary/aromatic N) is 4. The third kappa shape index (κ3) is 5.37. The zero-order chi connectivity index (χ0) is 20.1. The molecule has 0 aliphatic heterocycles. The lowest BCUT2D eigenvalue weighted by atomic mass is 10.3. The Bertz CT molecular complexity index is 969. The van der Waals surface area contributed by atoms with Gasteiger partial charge in [0.15, 0.2) is 5.82 Å². The van der Waals surface area contributed by atoms with Crippen molar-refractivity contribution in [2.45, 2.75) is 23.9 Å². The maximum atomic E-state index is 12.3. The molecule has 0 saturated carbocycles. The van der Waals surface area contributed by atoms with E-state index in [1.54, 1.807) is 19.1 Å². The highest BCUT2D eigenvalue weighted by Gasteiger charge is 2.20. The summed E-state index contributed by atoms with van der Waals surface area (Å²) in [5, 5.41) is 11.2. The highest BCUT2D eigenvalue weighted by Crippen LogP contribution is 2.23. The zero-order valence-electron chi connectivity index (χ0n) is 14.7. The first-order valence-electron chi connectivity index (χ1n) is 8.09. The number of carbonyl (C=O) groups is 1. The number of thioether (sulfide) groups is 1. The number of pyridine rings is 1. The molecule has 1 aromatic carbocycles. The van der Waals surface area contributed by atoms with E-state index in [1.807, 2.05) is 24.3 Å². The summed E-state index contributed by atoms with van der Waals surface area (Å²) >= 11 is 10.4. The van der Waals surface area contributed by atoms with Gasteiger partial charge in [0.2, 0.25) is 11.1 Å². The molecular weight excluding hydrogens is 468 g/mol. The molecule has 0 unspecified atom stereocenters. The second kappa shape index (κ2) is 9.26. The minimum atomic E-state index is -0.470. The molecule has 11 heteroatoms. The van der Waals surface area contributed by atoms with Crippen molar-refractivity contribution in [2.24, 2.45) is 0 Å². The zero-order valence-corrected chi connectivity index (χ0v) is 17.8. The molecule has 1 amide bonds. The van der Waals surface area contributed by atoms with E-state index in [-0.39, 0.29) is 12.5 Å². The second-order valence-electron chi connectivity index (χ2n) is 5.63. The molecule has 0 radical (unpaired) electrons. The van der Waals surface area contributed by atoms with Crippen LogP contribution in [0.25, 0.3) is 0 Å². The van der Waals surface area contributed by atoms with Gasteiger partial charge >= 0.3 is 0 Å². The van der Waals surface area contributed by atoms with Crippen molar-refractivity contribution in [3.63, 3.8) is 0 Å². The SMILES string of the molecule is C[C@H](Sc1nnc(COc2cccc(Br)c2)n1N)C(=O)Nc1ccc(Cl)cn1. The lowest BCUT2D eigenvalue weighted by Crippen LogP contribution is -2.24. The fraction of sp³-hybridized carbons (Fsp3) is 0.176. The molecule has 0 spiro atoms. The number of rotatable bonds is 7. The number of nitrogens with one attached hydrogen (secondary N) is 1. The van der Waals surface area contributed by atoms with Crippen molar-refractivity contribution in [2.75, 3.05) is 11.2 Å². The molecule has 2 heterocycles. The van der Waals surface area contributed by atoms with Crippen LogP contribution in [0, 0.1) is 0 Å². The van der Waals surface area contributed by atoms with Gasteiger partial charge in [-0.25, -0.2) is 9.66 Å². The van der Waals surface area contributed by atoms with Crippen LogP contribution in [0.3, 0.4) is 0 Å². The molecule has 8 nitrogen and oxygen atoms in total. The summed E-state index contributed by atoms with van der Waals surface area (Å²) in [4.78, 5) is 16.4. The number of benzene rings is 1. The van der Waals surface area contributed by atoms with Crippen LogP contribution in [0.1, 0.15) is 12.7 Å². The first-order valence-corrected chi connectivity index (χ1v) is 10.1. The van der Waals surface area contributed by atoms with Gasteiger partial charge in [0.1, 0.15) is 18.2 Å². The lowest BCUT2D eigenvalue weighted by molar-refractivity contribution is -0.115. The van der Waals surface area contributed by atoms with Crippen LogP contribution in [0.5, 0.6) is 5.75 Å². The standard InChI is InChI=1S/C17H16BrClN6O2S/c1-10(16(26)22-14-6-5-12(19)8-21-14)28-17-24-23-15(25(17)20)9-27-13-4-2-3-11(18)7-13/h2-8,10H,9,20H2,1H3,(H,21,22,26)/t10-/m0/s1. The Morgan fingerprint density at radius 2 is 2.21 bits per heavy atom. The van der Waals surface area contributed by atoms with Crippen LogP contribution in [-0.2, 0) is 11.4 Å². The Balaban J connectivity index is 1.58. The van der Waals surface area contributed by atoms with Crippen LogP contribution in [0.2, 0.25) is 5.02 Å². The first-order chi connectivity index (χ1) is 13.4. The number of ether oxygens (including phenoxy) is 1. The predicted octanol–water partition coefficient (Wildman–Crippen LogP) is 3.50. The van der Waals surface area contributed by atoms with Gasteiger partial charge in [-0.2, -0.15) is 0 Å². The molecule has 0 saturated heterocycles. The molecule has 3 rings (SSSR count). The van der Waals surface area contributed by atoms with Gasteiger partial charge in [0.05, 0.1) is 10.3 Å². The minimum Gasteiger partial charge on any atom is -0.485 e. The number of amides is 1. The predicted molar refractivity (Wildman–Crippen MR) is 112 cm³/mol. The molecule has 3 N–H and O–H groups in total. The van der Waals surface area contributed by atoms with Gasteiger partial charge in [-0.3, -0.25) is 4.79 Å². The molecule has 0 bridgehead atoms. The average molecular weight is 484 g/mol. The molecule has 1 atom stereocenters. The number of hydrogen-bond donors (Lipinski definition) is 2. The molecule has 0 aliphatic rings. The summed E-state index contributed by atoms with van der Waals surface area (Å²) in [6.45, 7) is 1.89. The molecule has 3 aromatic rings. The summed E-state index contributed by atoms with van der Waals surface area (Å²) in [6.07, 6.45) is 1.46. The average Bonchev–Trinajstić information content (AvgIpc) is 3.01. The summed E-state index contributed by atoms with van der Waals surface area (Å²) < 4.78 is 7.89. The minimum absolute atomic E-state index is 0.149. The van der Waals surface area contributed by atoms with Crippen LogP contribution in [0.15, 0.2) is 52.2 Å². The van der Waals surface area contributed by atoms with E-state index in [4.69, 9.17) is 22.2 Å². The van der Waals surface area contributed by atoms with E-state index < -0.39 is 5.25 Å². The smallest absolute Gasteiger partial charge is 0.238 e. The number of aromatic nitrogens is 4. The second-order valence-corrected chi connectivity index (χ2v) is 8.29. The number of nitrogens with two attached hydrogens (primary N) is 1. The van der Waals surface area contributed by atoms with Crippen LogP contribution < -0.4 is 15.9 Å². The molecular formula is C17H16BrClN6O2S. The number of hydrogen-bond acceptors (Lipinski definition) is 7. The lowest BCUT2D eigenvalue weighted by Gasteiger charge is -2.11. The van der Waals surface area contributed by atoms with Crippen molar-refractivity contribution in [3.8, 4) is 5.75 Å². The summed E-state index contributed by atoms with van der Waals surface area (Å²) in [5.74, 6) is 7.33. The third-order valence-corrected chi connectivity index (χ3v) is 5.30. The van der Waals surface area contributed by atoms with E-state index in [1.165, 1.54) is 22.6 Å². The van der Waals surface area contributed by atoms with Crippen molar-refractivity contribution < 1.29 is 9.53 Å². The highest BCUT2D eigenvalue weighted by atomic mass is 79.9. The Labute approximate surface area is 178 Å². The Hall–Kier alpha value is -2.30. The van der Waals surface area contributed by atoms with Gasteiger partial charge in [0, 0.05) is 10.7 Å². The van der Waals surface area contributed by atoms with Gasteiger partial charge < -0.3 is 15.9 Å². The molecule has 0 aliphatic carbocycles. The van der Waals surface area contributed by atoms with Crippen LogP contribution >= 0.6 is 39.3 Å². The normalized spacial score (nSPS) is 11.8. The van der Waals surface area contributed by atoms with E-state index in [2.05, 4.69) is 36.4 Å².